The van der Waals surface area contributed by atoms with Gasteiger partial charge in [-0.15, -0.1) is 0 Å². The second-order valence-corrected chi connectivity index (χ2v) is 9.16. The second-order valence-electron chi connectivity index (χ2n) is 7.81. The van der Waals surface area contributed by atoms with Crippen molar-refractivity contribution in [2.45, 2.75) is 36.6 Å². The van der Waals surface area contributed by atoms with Crippen molar-refractivity contribution in [3.05, 3.63) is 88.5 Å². The molecule has 1 amide bonds. The standard InChI is InChI=1S/C25H25ClN4OS/c1-18-15-28-25(32-17-21-9-4-5-13-27-21)29-24(18)20-8-6-14-30(16-20)23(31)12-11-19-7-2-3-10-22(19)26/h2-5,7,9-13,15,20H,6,8,14,16-17H2,1H3/b12-11+/t20-/m0/s1. The first-order chi connectivity index (χ1) is 15.6. The molecule has 3 heterocycles. The zero-order valence-electron chi connectivity index (χ0n) is 17.9. The molecule has 0 unspecified atom stereocenters. The van der Waals surface area contributed by atoms with Gasteiger partial charge in [-0.25, -0.2) is 9.97 Å². The van der Waals surface area contributed by atoms with E-state index in [4.69, 9.17) is 16.6 Å². The maximum atomic E-state index is 12.8. The van der Waals surface area contributed by atoms with E-state index in [0.29, 0.717) is 11.6 Å². The largest absolute Gasteiger partial charge is 0.338 e. The van der Waals surface area contributed by atoms with Crippen LogP contribution in [0.4, 0.5) is 0 Å². The van der Waals surface area contributed by atoms with Crippen molar-refractivity contribution in [2.24, 2.45) is 0 Å². The minimum absolute atomic E-state index is 0.00563. The van der Waals surface area contributed by atoms with E-state index < -0.39 is 0 Å². The molecule has 1 aliphatic heterocycles. The fourth-order valence-electron chi connectivity index (χ4n) is 3.82. The molecule has 0 N–H and O–H groups in total. The summed E-state index contributed by atoms with van der Waals surface area (Å²) >= 11 is 7.78. The van der Waals surface area contributed by atoms with Crippen LogP contribution in [0, 0.1) is 6.92 Å². The van der Waals surface area contributed by atoms with E-state index in [1.54, 1.807) is 30.1 Å². The number of nitrogens with zero attached hydrogens (tertiary/aromatic N) is 4. The summed E-state index contributed by atoms with van der Waals surface area (Å²) < 4.78 is 0. The van der Waals surface area contributed by atoms with Crippen LogP contribution in [0.2, 0.25) is 5.02 Å². The van der Waals surface area contributed by atoms with Gasteiger partial charge in [0.25, 0.3) is 0 Å². The number of thioether (sulfide) groups is 1. The Hall–Kier alpha value is -2.70. The Morgan fingerprint density at radius 3 is 2.88 bits per heavy atom. The Kier molecular flexibility index (Phi) is 7.55. The fraction of sp³-hybridized carbons (Fsp3) is 0.280. The minimum atomic E-state index is 0.00563. The number of pyridine rings is 1. The van der Waals surface area contributed by atoms with Crippen molar-refractivity contribution < 1.29 is 4.79 Å². The van der Waals surface area contributed by atoms with Gasteiger partial charge >= 0.3 is 0 Å². The molecule has 32 heavy (non-hydrogen) atoms. The highest BCUT2D eigenvalue weighted by Crippen LogP contribution is 2.30. The van der Waals surface area contributed by atoms with Crippen molar-refractivity contribution in [3.8, 4) is 0 Å². The zero-order valence-corrected chi connectivity index (χ0v) is 19.5. The summed E-state index contributed by atoms with van der Waals surface area (Å²) in [5.74, 6) is 0.940. The smallest absolute Gasteiger partial charge is 0.246 e. The summed E-state index contributed by atoms with van der Waals surface area (Å²) in [6, 6.07) is 13.4. The maximum Gasteiger partial charge on any atom is 0.246 e. The molecule has 1 atom stereocenters. The quantitative estimate of drug-likeness (QED) is 0.272. The monoisotopic (exact) mass is 464 g/mol. The third kappa shape index (κ3) is 5.75. The second kappa shape index (κ2) is 10.7. The molecule has 0 bridgehead atoms. The third-order valence-corrected chi connectivity index (χ3v) is 6.73. The van der Waals surface area contributed by atoms with E-state index >= 15 is 0 Å². The lowest BCUT2D eigenvalue weighted by atomic mass is 9.92. The average Bonchev–Trinajstić information content (AvgIpc) is 2.83. The van der Waals surface area contributed by atoms with Crippen LogP contribution in [-0.2, 0) is 10.5 Å². The number of likely N-dealkylation sites (tertiary alicyclic amines) is 1. The average molecular weight is 465 g/mol. The van der Waals surface area contributed by atoms with E-state index in [2.05, 4.69) is 9.97 Å². The minimum Gasteiger partial charge on any atom is -0.338 e. The summed E-state index contributed by atoms with van der Waals surface area (Å²) in [7, 11) is 0. The van der Waals surface area contributed by atoms with Crippen molar-refractivity contribution in [3.63, 3.8) is 0 Å². The number of aryl methyl sites for hydroxylation is 1. The van der Waals surface area contributed by atoms with Crippen molar-refractivity contribution in [1.29, 1.82) is 0 Å². The van der Waals surface area contributed by atoms with Crippen LogP contribution in [-0.4, -0.2) is 38.8 Å². The topological polar surface area (TPSA) is 59.0 Å². The summed E-state index contributed by atoms with van der Waals surface area (Å²) in [5, 5.41) is 1.39. The highest BCUT2D eigenvalue weighted by molar-refractivity contribution is 7.98. The Labute approximate surface area is 198 Å². The first kappa shape index (κ1) is 22.5. The predicted octanol–water partition coefficient (Wildman–Crippen LogP) is 5.55. The molecular formula is C25H25ClN4OS. The number of hydrogen-bond acceptors (Lipinski definition) is 5. The van der Waals surface area contributed by atoms with Crippen LogP contribution in [0.3, 0.4) is 0 Å². The van der Waals surface area contributed by atoms with E-state index in [9.17, 15) is 4.79 Å². The molecule has 1 fully saturated rings. The zero-order chi connectivity index (χ0) is 22.3. The molecule has 1 aromatic carbocycles. The van der Waals surface area contributed by atoms with Crippen LogP contribution in [0.15, 0.2) is 66.1 Å². The van der Waals surface area contributed by atoms with E-state index in [-0.39, 0.29) is 11.8 Å². The van der Waals surface area contributed by atoms with Crippen molar-refractivity contribution in [2.75, 3.05) is 13.1 Å². The molecular weight excluding hydrogens is 440 g/mol. The maximum absolute atomic E-state index is 12.8. The van der Waals surface area contributed by atoms with E-state index in [0.717, 1.165) is 52.8 Å². The number of aromatic nitrogens is 3. The molecule has 1 aliphatic rings. The highest BCUT2D eigenvalue weighted by atomic mass is 35.5. The summed E-state index contributed by atoms with van der Waals surface area (Å²) in [6.45, 7) is 3.46. The molecule has 7 heteroatoms. The Balaban J connectivity index is 1.43. The van der Waals surface area contributed by atoms with Crippen LogP contribution < -0.4 is 0 Å². The first-order valence-electron chi connectivity index (χ1n) is 10.7. The number of rotatable bonds is 6. The van der Waals surface area contributed by atoms with Gasteiger partial charge in [-0.2, -0.15) is 0 Å². The van der Waals surface area contributed by atoms with Crippen LogP contribution in [0.25, 0.3) is 6.08 Å². The molecule has 3 aromatic rings. The molecule has 0 spiro atoms. The number of halogens is 1. The number of carbonyl (C=O) groups excluding carboxylic acids is 1. The molecule has 0 aliphatic carbocycles. The van der Waals surface area contributed by atoms with Gasteiger partial charge < -0.3 is 4.90 Å². The van der Waals surface area contributed by atoms with Gasteiger partial charge in [0, 0.05) is 48.3 Å². The van der Waals surface area contributed by atoms with Gasteiger partial charge in [0.2, 0.25) is 5.91 Å². The van der Waals surface area contributed by atoms with Gasteiger partial charge in [-0.05, 0) is 55.2 Å². The molecule has 0 saturated carbocycles. The summed E-state index contributed by atoms with van der Waals surface area (Å²) in [5.41, 5.74) is 3.95. The van der Waals surface area contributed by atoms with Crippen LogP contribution in [0.5, 0.6) is 0 Å². The number of carbonyl (C=O) groups is 1. The fourth-order valence-corrected chi connectivity index (χ4v) is 4.76. The van der Waals surface area contributed by atoms with Crippen LogP contribution >= 0.6 is 23.4 Å². The first-order valence-corrected chi connectivity index (χ1v) is 12.0. The number of hydrogen-bond donors (Lipinski definition) is 0. The molecule has 1 saturated heterocycles. The van der Waals surface area contributed by atoms with Gasteiger partial charge in [-0.1, -0.05) is 47.6 Å². The van der Waals surface area contributed by atoms with Gasteiger partial charge in [-0.3, -0.25) is 9.78 Å². The third-order valence-electron chi connectivity index (χ3n) is 5.49. The SMILES string of the molecule is Cc1cnc(SCc2ccccn2)nc1[C@H]1CCCN(C(=O)/C=C/c2ccccc2Cl)C1. The Morgan fingerprint density at radius 1 is 1.22 bits per heavy atom. The molecule has 2 aromatic heterocycles. The van der Waals surface area contributed by atoms with Gasteiger partial charge in [0.15, 0.2) is 5.16 Å². The highest BCUT2D eigenvalue weighted by Gasteiger charge is 2.26. The predicted molar refractivity (Wildman–Crippen MR) is 130 cm³/mol. The Bertz CT molecular complexity index is 1110. The summed E-state index contributed by atoms with van der Waals surface area (Å²) in [4.78, 5) is 28.4. The van der Waals surface area contributed by atoms with Gasteiger partial charge in [0.05, 0.1) is 11.4 Å². The molecule has 4 rings (SSSR count). The van der Waals surface area contributed by atoms with Crippen molar-refractivity contribution in [1.82, 2.24) is 19.9 Å². The van der Waals surface area contributed by atoms with E-state index in [1.807, 2.05) is 60.5 Å². The van der Waals surface area contributed by atoms with Gasteiger partial charge in [0.1, 0.15) is 0 Å². The van der Waals surface area contributed by atoms with Crippen molar-refractivity contribution >= 4 is 35.3 Å². The molecule has 0 radical (unpaired) electrons. The molecule has 5 nitrogen and oxygen atoms in total. The number of amides is 1. The number of benzene rings is 1. The Morgan fingerprint density at radius 2 is 2.06 bits per heavy atom. The lowest BCUT2D eigenvalue weighted by molar-refractivity contribution is -0.127. The van der Waals surface area contributed by atoms with E-state index in [1.165, 1.54) is 0 Å². The normalized spacial score (nSPS) is 16.4. The lowest BCUT2D eigenvalue weighted by Gasteiger charge is -2.32. The summed E-state index contributed by atoms with van der Waals surface area (Å²) in [6.07, 6.45) is 9.06. The number of piperidine rings is 1. The van der Waals surface area contributed by atoms with Crippen LogP contribution in [0.1, 0.15) is 41.3 Å². The lowest BCUT2D eigenvalue weighted by Crippen LogP contribution is -2.38. The molecule has 164 valence electrons.